The van der Waals surface area contributed by atoms with Gasteiger partial charge in [-0.15, -0.1) is 23.2 Å². The van der Waals surface area contributed by atoms with E-state index in [1.54, 1.807) is 0 Å². The number of aryl methyl sites for hydroxylation is 2. The fraction of sp³-hybridized carbons (Fsp3) is 0.583. The van der Waals surface area contributed by atoms with Crippen LogP contribution < -0.4 is 30.4 Å². The average Bonchev–Trinajstić information content (AvgIpc) is 3.54. The lowest BCUT2D eigenvalue weighted by Crippen LogP contribution is -2.42. The van der Waals surface area contributed by atoms with Gasteiger partial charge in [-0.1, -0.05) is 0 Å². The van der Waals surface area contributed by atoms with Crippen LogP contribution in [0.25, 0.3) is 0 Å². The molecule has 0 bridgehead atoms. The third-order valence-electron chi connectivity index (χ3n) is 5.47. The van der Waals surface area contributed by atoms with Gasteiger partial charge in [0.05, 0.1) is 13.1 Å². The summed E-state index contributed by atoms with van der Waals surface area (Å²) >= 11 is 10.8. The quantitative estimate of drug-likeness (QED) is 0.0982. The second-order valence-corrected chi connectivity index (χ2v) is 9.26. The standard InChI is InChI=1S/C24H36Cl2N8O4/c25-15-21(35)27-5-3-7-29-23(37)17-33-13-11-31(19-33)9-1-2-10-32-12-14-34(20-32)18-24(38)30-8-4-6-28-22(36)16-26/h11-14,19-20H,1-10,15-18H2,(H2-2,27,28,29,30,35,36,37,38)/p+2. The Bertz CT molecular complexity index is 946. The van der Waals surface area contributed by atoms with Crippen LogP contribution in [0.4, 0.5) is 0 Å². The molecule has 0 spiro atoms. The molecule has 38 heavy (non-hydrogen) atoms. The number of nitrogens with zero attached hydrogens (tertiary/aromatic N) is 4. The second-order valence-electron chi connectivity index (χ2n) is 8.73. The molecule has 0 saturated heterocycles. The lowest BCUT2D eigenvalue weighted by atomic mass is 10.3. The molecule has 12 nitrogen and oxygen atoms in total. The van der Waals surface area contributed by atoms with Crippen molar-refractivity contribution in [3.63, 3.8) is 0 Å². The molecule has 2 aromatic heterocycles. The van der Waals surface area contributed by atoms with E-state index in [0.29, 0.717) is 39.0 Å². The van der Waals surface area contributed by atoms with E-state index in [1.165, 1.54) is 0 Å². The molecule has 210 valence electrons. The molecule has 2 rings (SSSR count). The van der Waals surface area contributed by atoms with Gasteiger partial charge >= 0.3 is 0 Å². The SMILES string of the molecule is O=C(CCl)NCCCNC(=O)C[n+]1ccn(CCCCn2cc[n+](CC(=O)NCCCNC(=O)CCl)c2)c1. The number of halogens is 2. The highest BCUT2D eigenvalue weighted by Crippen LogP contribution is 1.98. The lowest BCUT2D eigenvalue weighted by molar-refractivity contribution is -0.684. The van der Waals surface area contributed by atoms with Gasteiger partial charge in [-0.2, -0.15) is 0 Å². The number of amides is 4. The Kier molecular flexibility index (Phi) is 14.9. The molecule has 0 aliphatic rings. The summed E-state index contributed by atoms with van der Waals surface area (Å²) in [6.07, 6.45) is 14.7. The molecule has 2 heterocycles. The van der Waals surface area contributed by atoms with E-state index < -0.39 is 0 Å². The van der Waals surface area contributed by atoms with E-state index in [-0.39, 0.29) is 48.5 Å². The summed E-state index contributed by atoms with van der Waals surface area (Å²) < 4.78 is 7.77. The number of rotatable bonds is 19. The summed E-state index contributed by atoms with van der Waals surface area (Å²) in [6.45, 7) is 4.09. The molecule has 0 unspecified atom stereocenters. The third kappa shape index (κ3) is 13.4. The Labute approximate surface area is 232 Å². The van der Waals surface area contributed by atoms with Gasteiger partial charge in [0, 0.05) is 26.2 Å². The summed E-state index contributed by atoms with van der Waals surface area (Å²) in [5.74, 6) is -0.717. The largest absolute Gasteiger partial charge is 0.355 e. The maximum absolute atomic E-state index is 12.1. The average molecular weight is 574 g/mol. The molecule has 0 aliphatic carbocycles. The number of carbonyl (C=O) groups excluding carboxylic acids is 4. The summed E-state index contributed by atoms with van der Waals surface area (Å²) in [6, 6.07) is 0. The van der Waals surface area contributed by atoms with Crippen LogP contribution in [0.15, 0.2) is 37.4 Å². The summed E-state index contributed by atoms with van der Waals surface area (Å²) in [5, 5.41) is 11.0. The first-order valence-electron chi connectivity index (χ1n) is 12.7. The van der Waals surface area contributed by atoms with E-state index in [2.05, 4.69) is 30.4 Å². The first kappa shape index (κ1) is 31.1. The first-order valence-corrected chi connectivity index (χ1v) is 13.7. The van der Waals surface area contributed by atoms with Crippen LogP contribution >= 0.6 is 23.2 Å². The van der Waals surface area contributed by atoms with Gasteiger partial charge in [0.15, 0.2) is 13.1 Å². The Morgan fingerprint density at radius 3 is 1.32 bits per heavy atom. The molecule has 0 radical (unpaired) electrons. The van der Waals surface area contributed by atoms with Gasteiger partial charge in [-0.25, -0.2) is 18.3 Å². The molecular formula is C24H38Cl2N8O4+2. The number of hydrogen-bond donors (Lipinski definition) is 4. The molecule has 0 fully saturated rings. The van der Waals surface area contributed by atoms with Gasteiger partial charge in [0.1, 0.15) is 36.5 Å². The zero-order chi connectivity index (χ0) is 27.6. The van der Waals surface area contributed by atoms with Crippen molar-refractivity contribution in [2.24, 2.45) is 0 Å². The van der Waals surface area contributed by atoms with Crippen LogP contribution in [0.5, 0.6) is 0 Å². The number of carbonyl (C=O) groups is 4. The highest BCUT2D eigenvalue weighted by Gasteiger charge is 2.11. The fourth-order valence-electron chi connectivity index (χ4n) is 3.54. The Morgan fingerprint density at radius 1 is 0.579 bits per heavy atom. The van der Waals surface area contributed by atoms with Crippen molar-refractivity contribution in [3.05, 3.63) is 37.4 Å². The van der Waals surface area contributed by atoms with E-state index in [0.717, 1.165) is 25.9 Å². The first-order chi connectivity index (χ1) is 18.4. The van der Waals surface area contributed by atoms with Crippen LogP contribution in [0.3, 0.4) is 0 Å². The van der Waals surface area contributed by atoms with Crippen molar-refractivity contribution in [2.45, 2.75) is 51.9 Å². The van der Waals surface area contributed by atoms with E-state index in [9.17, 15) is 19.2 Å². The molecule has 0 aromatic carbocycles. The number of imidazole rings is 2. The molecule has 4 N–H and O–H groups in total. The Balaban J connectivity index is 1.55. The smallest absolute Gasteiger partial charge is 0.262 e. The maximum atomic E-state index is 12.1. The van der Waals surface area contributed by atoms with Crippen molar-refractivity contribution in [3.8, 4) is 0 Å². The molecule has 0 aliphatic heterocycles. The molecule has 0 saturated carbocycles. The molecule has 2 aromatic rings. The minimum Gasteiger partial charge on any atom is -0.355 e. The Morgan fingerprint density at radius 2 is 0.947 bits per heavy atom. The van der Waals surface area contributed by atoms with Crippen molar-refractivity contribution >= 4 is 46.8 Å². The van der Waals surface area contributed by atoms with Crippen molar-refractivity contribution in [1.82, 2.24) is 30.4 Å². The zero-order valence-corrected chi connectivity index (χ0v) is 23.1. The van der Waals surface area contributed by atoms with E-state index in [1.807, 2.05) is 46.6 Å². The van der Waals surface area contributed by atoms with Gasteiger partial charge in [0.2, 0.25) is 24.5 Å². The molecule has 4 amide bonds. The number of aromatic nitrogens is 4. The molecular weight excluding hydrogens is 535 g/mol. The highest BCUT2D eigenvalue weighted by molar-refractivity contribution is 6.27. The van der Waals surface area contributed by atoms with Crippen molar-refractivity contribution in [2.75, 3.05) is 37.9 Å². The van der Waals surface area contributed by atoms with E-state index >= 15 is 0 Å². The predicted octanol–water partition coefficient (Wildman–Crippen LogP) is -0.932. The van der Waals surface area contributed by atoms with Gasteiger partial charge in [-0.3, -0.25) is 19.2 Å². The topological polar surface area (TPSA) is 134 Å². The fourth-order valence-corrected chi connectivity index (χ4v) is 3.73. The number of unbranched alkanes of at least 4 members (excludes halogenated alkanes) is 1. The van der Waals surface area contributed by atoms with Gasteiger partial charge < -0.3 is 21.3 Å². The number of hydrogen-bond acceptors (Lipinski definition) is 4. The van der Waals surface area contributed by atoms with Gasteiger partial charge in [0.25, 0.3) is 11.8 Å². The molecule has 14 heteroatoms. The monoisotopic (exact) mass is 572 g/mol. The highest BCUT2D eigenvalue weighted by atomic mass is 35.5. The number of alkyl halides is 2. The second kappa shape index (κ2) is 18.2. The van der Waals surface area contributed by atoms with E-state index in [4.69, 9.17) is 23.2 Å². The van der Waals surface area contributed by atoms with Crippen LogP contribution in [0, 0.1) is 0 Å². The summed E-state index contributed by atoms with van der Waals surface area (Å²) in [7, 11) is 0. The van der Waals surface area contributed by atoms with Crippen LogP contribution in [-0.2, 0) is 45.4 Å². The van der Waals surface area contributed by atoms with Crippen LogP contribution in [0.2, 0.25) is 0 Å². The van der Waals surface area contributed by atoms with Crippen molar-refractivity contribution < 1.29 is 28.3 Å². The Hall–Kier alpha value is -3.12. The normalized spacial score (nSPS) is 10.7. The predicted molar refractivity (Wildman–Crippen MR) is 141 cm³/mol. The van der Waals surface area contributed by atoms with Gasteiger partial charge in [-0.05, 0) is 25.7 Å². The third-order valence-corrected chi connectivity index (χ3v) is 5.95. The van der Waals surface area contributed by atoms with Crippen molar-refractivity contribution in [1.29, 1.82) is 0 Å². The zero-order valence-electron chi connectivity index (χ0n) is 21.5. The maximum Gasteiger partial charge on any atom is 0.262 e. The minimum atomic E-state index is -0.216. The lowest BCUT2D eigenvalue weighted by Gasteiger charge is -2.04. The molecule has 0 atom stereocenters. The van der Waals surface area contributed by atoms with Crippen LogP contribution in [-0.4, -0.2) is 70.7 Å². The summed E-state index contributed by atoms with van der Waals surface area (Å²) in [4.78, 5) is 46.3. The summed E-state index contributed by atoms with van der Waals surface area (Å²) in [5.41, 5.74) is 0. The number of nitrogens with one attached hydrogen (secondary N) is 4. The minimum absolute atomic E-state index is 0.0610. The van der Waals surface area contributed by atoms with Crippen LogP contribution in [0.1, 0.15) is 25.7 Å².